The Balaban J connectivity index is 1.67. The number of nitrogens with zero attached hydrogens (tertiary/aromatic N) is 1. The van der Waals surface area contributed by atoms with Gasteiger partial charge in [-0.2, -0.15) is 0 Å². The summed E-state index contributed by atoms with van der Waals surface area (Å²) >= 11 is 0. The second-order valence-corrected chi connectivity index (χ2v) is 12.6. The monoisotopic (exact) mass is 415 g/mol. The van der Waals surface area contributed by atoms with Crippen LogP contribution in [0, 0.1) is 39.4 Å². The van der Waals surface area contributed by atoms with E-state index in [2.05, 4.69) is 46.7 Å². The molecule has 0 aliphatic heterocycles. The summed E-state index contributed by atoms with van der Waals surface area (Å²) in [5, 5.41) is 22.8. The van der Waals surface area contributed by atoms with Crippen molar-refractivity contribution in [2.24, 2.45) is 44.6 Å². The summed E-state index contributed by atoms with van der Waals surface area (Å²) in [6.07, 6.45) is 13.4. The largest absolute Gasteiger partial charge is 0.411 e. The molecule has 2 fully saturated rings. The van der Waals surface area contributed by atoms with Gasteiger partial charge in [-0.15, -0.1) is 5.16 Å². The number of fused-ring (bicyclic) bond motifs is 4. The van der Waals surface area contributed by atoms with Gasteiger partial charge in [0, 0.05) is 6.21 Å². The average molecular weight is 416 g/mol. The van der Waals surface area contributed by atoms with Crippen LogP contribution in [0.5, 0.6) is 0 Å². The highest BCUT2D eigenvalue weighted by molar-refractivity contribution is 5.56. The smallest absolute Gasteiger partial charge is 0.0594 e. The fourth-order valence-electron chi connectivity index (χ4n) is 9.23. The molecule has 0 bridgehead atoms. The van der Waals surface area contributed by atoms with Crippen molar-refractivity contribution in [1.82, 2.24) is 0 Å². The van der Waals surface area contributed by atoms with Gasteiger partial charge in [-0.1, -0.05) is 52.7 Å². The van der Waals surface area contributed by atoms with Crippen LogP contribution in [0.4, 0.5) is 0 Å². The van der Waals surface area contributed by atoms with Gasteiger partial charge in [-0.25, -0.2) is 0 Å². The maximum atomic E-state index is 10.8. The summed E-state index contributed by atoms with van der Waals surface area (Å²) in [6, 6.07) is 0. The van der Waals surface area contributed by atoms with Crippen LogP contribution in [0.1, 0.15) is 106 Å². The third kappa shape index (κ3) is 2.90. The summed E-state index contributed by atoms with van der Waals surface area (Å²) in [5.74, 6) is 2.04. The van der Waals surface area contributed by atoms with Crippen molar-refractivity contribution in [2.75, 3.05) is 0 Å². The van der Waals surface area contributed by atoms with Gasteiger partial charge in [0.15, 0.2) is 0 Å². The van der Waals surface area contributed by atoms with Crippen LogP contribution in [-0.4, -0.2) is 22.6 Å². The summed E-state index contributed by atoms with van der Waals surface area (Å²) in [6.45, 7) is 14.8. The second kappa shape index (κ2) is 7.36. The van der Waals surface area contributed by atoms with E-state index in [0.717, 1.165) is 31.6 Å². The van der Waals surface area contributed by atoms with Crippen molar-refractivity contribution in [3.8, 4) is 0 Å². The van der Waals surface area contributed by atoms with Crippen molar-refractivity contribution in [1.29, 1.82) is 0 Å². The molecule has 0 unspecified atom stereocenters. The number of aliphatic hydroxyl groups excluding tert-OH is 1. The summed E-state index contributed by atoms with van der Waals surface area (Å²) in [4.78, 5) is 0. The van der Waals surface area contributed by atoms with E-state index >= 15 is 0 Å². The molecule has 0 aromatic rings. The molecule has 170 valence electrons. The van der Waals surface area contributed by atoms with Crippen molar-refractivity contribution in [3.05, 3.63) is 11.1 Å². The van der Waals surface area contributed by atoms with Crippen LogP contribution in [0.25, 0.3) is 0 Å². The molecule has 4 aliphatic rings. The van der Waals surface area contributed by atoms with Gasteiger partial charge in [-0.3, -0.25) is 0 Å². The normalized spacial score (nSPS) is 46.4. The first-order chi connectivity index (χ1) is 14.0. The SMILES string of the molecule is C[C@H](CC/C=N/O)[C@H]1CC[C@@]2(C)C3=C(CC[C@]12C)[C@@]1(C)CC[C@H](O)C(C)(C)[C@@H]1CC3. The van der Waals surface area contributed by atoms with Gasteiger partial charge in [0.25, 0.3) is 0 Å². The highest BCUT2D eigenvalue weighted by atomic mass is 16.4. The lowest BCUT2D eigenvalue weighted by atomic mass is 9.43. The molecule has 2 N–H and O–H groups in total. The first-order valence-corrected chi connectivity index (χ1v) is 12.6. The standard InChI is InChI=1S/C27H45NO2/c1-18(8-7-17-28-30)19-11-15-27(6)21-9-10-22-24(2,3)23(29)13-14-25(22,4)20(21)12-16-26(19,27)5/h17-19,22-23,29-30H,7-16H2,1-6H3/b28-17+/t18-,19-,22+,23+,25-,26-,27+/m1/s1. The highest BCUT2D eigenvalue weighted by Crippen LogP contribution is 2.72. The van der Waals surface area contributed by atoms with E-state index < -0.39 is 0 Å². The van der Waals surface area contributed by atoms with Crippen molar-refractivity contribution >= 4 is 6.21 Å². The van der Waals surface area contributed by atoms with Gasteiger partial charge in [0.2, 0.25) is 0 Å². The number of allylic oxidation sites excluding steroid dienone is 2. The van der Waals surface area contributed by atoms with Crippen LogP contribution in [-0.2, 0) is 0 Å². The molecule has 0 radical (unpaired) electrons. The van der Waals surface area contributed by atoms with E-state index in [1.165, 1.54) is 38.5 Å². The van der Waals surface area contributed by atoms with E-state index in [1.807, 2.05) is 5.57 Å². The maximum Gasteiger partial charge on any atom is 0.0594 e. The zero-order valence-electron chi connectivity index (χ0n) is 20.3. The molecule has 4 aliphatic carbocycles. The predicted molar refractivity (Wildman–Crippen MR) is 124 cm³/mol. The Morgan fingerprint density at radius 3 is 2.43 bits per heavy atom. The van der Waals surface area contributed by atoms with E-state index in [4.69, 9.17) is 5.21 Å². The third-order valence-corrected chi connectivity index (χ3v) is 11.3. The lowest BCUT2D eigenvalue weighted by Crippen LogP contribution is -2.55. The summed E-state index contributed by atoms with van der Waals surface area (Å²) in [7, 11) is 0. The van der Waals surface area contributed by atoms with E-state index in [-0.39, 0.29) is 16.9 Å². The Morgan fingerprint density at radius 1 is 1.00 bits per heavy atom. The van der Waals surface area contributed by atoms with Gasteiger partial charge >= 0.3 is 0 Å². The van der Waals surface area contributed by atoms with Crippen LogP contribution in [0.15, 0.2) is 16.3 Å². The van der Waals surface area contributed by atoms with E-state index in [0.29, 0.717) is 22.7 Å². The maximum absolute atomic E-state index is 10.8. The topological polar surface area (TPSA) is 52.8 Å². The number of hydrogen-bond acceptors (Lipinski definition) is 3. The van der Waals surface area contributed by atoms with Crippen LogP contribution < -0.4 is 0 Å². The molecule has 3 heteroatoms. The minimum atomic E-state index is -0.152. The molecule has 30 heavy (non-hydrogen) atoms. The highest BCUT2D eigenvalue weighted by Gasteiger charge is 2.63. The van der Waals surface area contributed by atoms with Gasteiger partial charge < -0.3 is 10.3 Å². The first kappa shape index (κ1) is 22.4. The molecule has 2 saturated carbocycles. The molecule has 0 spiro atoms. The van der Waals surface area contributed by atoms with Gasteiger partial charge in [-0.05, 0) is 104 Å². The van der Waals surface area contributed by atoms with Gasteiger partial charge in [0.05, 0.1) is 6.10 Å². The quantitative estimate of drug-likeness (QED) is 0.225. The molecule has 7 atom stereocenters. The molecule has 3 nitrogen and oxygen atoms in total. The van der Waals surface area contributed by atoms with Gasteiger partial charge in [0.1, 0.15) is 0 Å². The van der Waals surface area contributed by atoms with Crippen LogP contribution >= 0.6 is 0 Å². The van der Waals surface area contributed by atoms with Crippen LogP contribution in [0.2, 0.25) is 0 Å². The van der Waals surface area contributed by atoms with Crippen molar-refractivity contribution in [2.45, 2.75) is 112 Å². The fraction of sp³-hybridized carbons (Fsp3) is 0.889. The first-order valence-electron chi connectivity index (χ1n) is 12.6. The Bertz CT molecular complexity index is 739. The van der Waals surface area contributed by atoms with Crippen molar-refractivity contribution in [3.63, 3.8) is 0 Å². The molecule has 0 amide bonds. The molecule has 0 aromatic heterocycles. The minimum absolute atomic E-state index is 0.0220. The molecular weight excluding hydrogens is 370 g/mol. The summed E-state index contributed by atoms with van der Waals surface area (Å²) in [5.41, 5.74) is 4.65. The molecule has 0 heterocycles. The Labute approximate surface area is 184 Å². The fourth-order valence-corrected chi connectivity index (χ4v) is 9.23. The number of oxime groups is 1. The second-order valence-electron chi connectivity index (χ2n) is 12.6. The number of rotatable bonds is 4. The molecule has 0 aromatic carbocycles. The summed E-state index contributed by atoms with van der Waals surface area (Å²) < 4.78 is 0. The molecule has 4 rings (SSSR count). The lowest BCUT2D eigenvalue weighted by Gasteiger charge is -2.62. The van der Waals surface area contributed by atoms with Crippen molar-refractivity contribution < 1.29 is 10.3 Å². The Morgan fingerprint density at radius 2 is 1.73 bits per heavy atom. The van der Waals surface area contributed by atoms with E-state index in [9.17, 15) is 5.11 Å². The number of aliphatic hydroxyl groups is 1. The zero-order chi connectivity index (χ0) is 21.9. The Hall–Kier alpha value is -0.830. The third-order valence-electron chi connectivity index (χ3n) is 11.3. The van der Waals surface area contributed by atoms with E-state index in [1.54, 1.807) is 11.8 Å². The predicted octanol–water partition coefficient (Wildman–Crippen LogP) is 6.97. The lowest BCUT2D eigenvalue weighted by molar-refractivity contribution is -0.0962. The number of hydrogen-bond donors (Lipinski definition) is 2. The Kier molecular flexibility index (Phi) is 5.48. The molecule has 0 saturated heterocycles. The minimum Gasteiger partial charge on any atom is -0.411 e. The average Bonchev–Trinajstić information content (AvgIpc) is 2.97. The van der Waals surface area contributed by atoms with Crippen LogP contribution in [0.3, 0.4) is 0 Å². The zero-order valence-corrected chi connectivity index (χ0v) is 20.3. The molecular formula is C27H45NO2.